The summed E-state index contributed by atoms with van der Waals surface area (Å²) < 4.78 is 0. The molecule has 6 heteroatoms. The Bertz CT molecular complexity index is 421. The van der Waals surface area contributed by atoms with Crippen LogP contribution in [-0.2, 0) is 4.79 Å². The van der Waals surface area contributed by atoms with E-state index >= 15 is 0 Å². The average molecular weight is 334 g/mol. The molecule has 1 aromatic rings. The van der Waals surface area contributed by atoms with Crippen molar-refractivity contribution in [2.75, 3.05) is 36.9 Å². The monoisotopic (exact) mass is 333 g/mol. The van der Waals surface area contributed by atoms with Crippen molar-refractivity contribution in [3.05, 3.63) is 24.3 Å². The van der Waals surface area contributed by atoms with Gasteiger partial charge in [-0.25, -0.2) is 0 Å². The van der Waals surface area contributed by atoms with Crippen molar-refractivity contribution in [3.8, 4) is 0 Å². The molecule has 2 N–H and O–H groups in total. The number of benzene rings is 1. The SMILES string of the molecule is CNCC(=O)Nc1ccccc1N1CCCCCC1.Cl.Cl. The Kier molecular flexibility index (Phi) is 10.2. The van der Waals surface area contributed by atoms with Crippen LogP contribution in [0.5, 0.6) is 0 Å². The van der Waals surface area contributed by atoms with Crippen LogP contribution in [0.1, 0.15) is 25.7 Å². The smallest absolute Gasteiger partial charge is 0.238 e. The van der Waals surface area contributed by atoms with E-state index in [1.54, 1.807) is 7.05 Å². The third-order valence-corrected chi connectivity index (χ3v) is 3.46. The van der Waals surface area contributed by atoms with Crippen LogP contribution in [0.15, 0.2) is 24.3 Å². The van der Waals surface area contributed by atoms with E-state index in [0.29, 0.717) is 6.54 Å². The van der Waals surface area contributed by atoms with Gasteiger partial charge in [0.05, 0.1) is 17.9 Å². The molecule has 0 atom stereocenters. The fourth-order valence-corrected chi connectivity index (χ4v) is 2.52. The highest BCUT2D eigenvalue weighted by molar-refractivity contribution is 5.95. The van der Waals surface area contributed by atoms with E-state index in [2.05, 4.69) is 21.6 Å². The summed E-state index contributed by atoms with van der Waals surface area (Å²) in [4.78, 5) is 14.1. The molecule has 120 valence electrons. The molecule has 1 aromatic carbocycles. The molecule has 1 aliphatic heterocycles. The second-order valence-electron chi connectivity index (χ2n) is 5.00. The summed E-state index contributed by atoms with van der Waals surface area (Å²) in [6, 6.07) is 8.08. The third kappa shape index (κ3) is 6.12. The van der Waals surface area contributed by atoms with Gasteiger partial charge in [-0.1, -0.05) is 25.0 Å². The lowest BCUT2D eigenvalue weighted by molar-refractivity contribution is -0.115. The van der Waals surface area contributed by atoms with E-state index < -0.39 is 0 Å². The molecule has 1 fully saturated rings. The minimum Gasteiger partial charge on any atom is -0.370 e. The number of carbonyl (C=O) groups is 1. The Morgan fingerprint density at radius 1 is 1.10 bits per heavy atom. The zero-order valence-electron chi connectivity index (χ0n) is 12.4. The number of likely N-dealkylation sites (N-methyl/N-ethyl adjacent to an activating group) is 1. The van der Waals surface area contributed by atoms with Crippen LogP contribution in [0.4, 0.5) is 11.4 Å². The van der Waals surface area contributed by atoms with Crippen LogP contribution in [0.3, 0.4) is 0 Å². The van der Waals surface area contributed by atoms with E-state index in [4.69, 9.17) is 0 Å². The van der Waals surface area contributed by atoms with Gasteiger partial charge in [0.2, 0.25) is 5.91 Å². The van der Waals surface area contributed by atoms with Crippen LogP contribution in [0, 0.1) is 0 Å². The molecule has 0 radical (unpaired) electrons. The second kappa shape index (κ2) is 10.7. The molecule has 0 aromatic heterocycles. The molecule has 1 saturated heterocycles. The topological polar surface area (TPSA) is 44.4 Å². The van der Waals surface area contributed by atoms with Gasteiger partial charge in [-0.05, 0) is 32.0 Å². The van der Waals surface area contributed by atoms with Gasteiger partial charge in [0.25, 0.3) is 0 Å². The minimum absolute atomic E-state index is 0. The van der Waals surface area contributed by atoms with E-state index in [0.717, 1.165) is 24.5 Å². The standard InChI is InChI=1S/C15H23N3O.2ClH/c1-16-12-15(19)17-13-8-4-5-9-14(13)18-10-6-2-3-7-11-18;;/h4-5,8-9,16H,2-3,6-7,10-12H2,1H3,(H,17,19);2*1H. The Morgan fingerprint density at radius 2 is 1.71 bits per heavy atom. The fourth-order valence-electron chi connectivity index (χ4n) is 2.52. The molecule has 1 amide bonds. The predicted molar refractivity (Wildman–Crippen MR) is 94.2 cm³/mol. The van der Waals surface area contributed by atoms with Gasteiger partial charge >= 0.3 is 0 Å². The molecule has 0 aliphatic carbocycles. The Hall–Kier alpha value is -0.970. The fraction of sp³-hybridized carbons (Fsp3) is 0.533. The average Bonchev–Trinajstić information content (AvgIpc) is 2.68. The molecule has 0 bridgehead atoms. The van der Waals surface area contributed by atoms with Gasteiger partial charge in [-0.2, -0.15) is 0 Å². The molecule has 0 unspecified atom stereocenters. The lowest BCUT2D eigenvalue weighted by Crippen LogP contribution is -2.28. The van der Waals surface area contributed by atoms with Crippen LogP contribution >= 0.6 is 24.8 Å². The number of hydrogen-bond donors (Lipinski definition) is 2. The van der Waals surface area contributed by atoms with Gasteiger partial charge in [-0.15, -0.1) is 24.8 Å². The number of para-hydroxylation sites is 2. The van der Waals surface area contributed by atoms with E-state index in [9.17, 15) is 4.79 Å². The first-order valence-electron chi connectivity index (χ1n) is 7.09. The molecule has 4 nitrogen and oxygen atoms in total. The number of anilines is 2. The number of hydrogen-bond acceptors (Lipinski definition) is 3. The molecule has 21 heavy (non-hydrogen) atoms. The van der Waals surface area contributed by atoms with E-state index in [-0.39, 0.29) is 30.7 Å². The first kappa shape index (κ1) is 20.0. The summed E-state index contributed by atoms with van der Waals surface area (Å²) in [5.41, 5.74) is 2.07. The summed E-state index contributed by atoms with van der Waals surface area (Å²) in [6.45, 7) is 2.51. The number of amides is 1. The number of nitrogens with one attached hydrogen (secondary N) is 2. The summed E-state index contributed by atoms with van der Waals surface area (Å²) in [5.74, 6) is 0.00442. The van der Waals surface area contributed by atoms with Crippen molar-refractivity contribution in [2.45, 2.75) is 25.7 Å². The maximum Gasteiger partial charge on any atom is 0.238 e. The third-order valence-electron chi connectivity index (χ3n) is 3.46. The molecule has 2 rings (SSSR count). The summed E-state index contributed by atoms with van der Waals surface area (Å²) in [5, 5.41) is 5.86. The number of carbonyl (C=O) groups excluding carboxylic acids is 1. The first-order chi connectivity index (χ1) is 9.31. The highest BCUT2D eigenvalue weighted by atomic mass is 35.5. The lowest BCUT2D eigenvalue weighted by atomic mass is 10.2. The molecule has 1 heterocycles. The molecular formula is C15H25Cl2N3O. The summed E-state index contributed by atoms with van der Waals surface area (Å²) in [7, 11) is 1.78. The first-order valence-corrected chi connectivity index (χ1v) is 7.09. The van der Waals surface area contributed by atoms with Crippen LogP contribution in [0.2, 0.25) is 0 Å². The van der Waals surface area contributed by atoms with E-state index in [1.807, 2.05) is 18.2 Å². The van der Waals surface area contributed by atoms with Crippen molar-refractivity contribution >= 4 is 42.1 Å². The molecular weight excluding hydrogens is 309 g/mol. The maximum absolute atomic E-state index is 11.7. The zero-order valence-corrected chi connectivity index (χ0v) is 14.1. The van der Waals surface area contributed by atoms with Crippen molar-refractivity contribution in [2.24, 2.45) is 0 Å². The zero-order chi connectivity index (χ0) is 13.5. The Morgan fingerprint density at radius 3 is 2.33 bits per heavy atom. The van der Waals surface area contributed by atoms with Crippen molar-refractivity contribution in [1.82, 2.24) is 5.32 Å². The van der Waals surface area contributed by atoms with Gasteiger partial charge in [0.1, 0.15) is 0 Å². The Balaban J connectivity index is 0.00000200. The van der Waals surface area contributed by atoms with Gasteiger partial charge in [0.15, 0.2) is 0 Å². The minimum atomic E-state index is 0. The number of rotatable bonds is 4. The second-order valence-corrected chi connectivity index (χ2v) is 5.00. The predicted octanol–water partition coefficient (Wildman–Crippen LogP) is 3.07. The highest BCUT2D eigenvalue weighted by Gasteiger charge is 2.14. The van der Waals surface area contributed by atoms with Crippen LogP contribution < -0.4 is 15.5 Å². The molecule has 0 saturated carbocycles. The highest BCUT2D eigenvalue weighted by Crippen LogP contribution is 2.27. The van der Waals surface area contributed by atoms with Crippen molar-refractivity contribution in [1.29, 1.82) is 0 Å². The number of halogens is 2. The summed E-state index contributed by atoms with van der Waals surface area (Å²) in [6.07, 6.45) is 5.09. The Labute approximate surface area is 139 Å². The maximum atomic E-state index is 11.7. The van der Waals surface area contributed by atoms with Crippen LogP contribution in [0.25, 0.3) is 0 Å². The lowest BCUT2D eigenvalue weighted by Gasteiger charge is -2.25. The molecule has 0 spiro atoms. The number of nitrogens with zero attached hydrogens (tertiary/aromatic N) is 1. The summed E-state index contributed by atoms with van der Waals surface area (Å²) >= 11 is 0. The quantitative estimate of drug-likeness (QED) is 0.889. The largest absolute Gasteiger partial charge is 0.370 e. The molecule has 1 aliphatic rings. The van der Waals surface area contributed by atoms with Gasteiger partial charge < -0.3 is 15.5 Å². The van der Waals surface area contributed by atoms with Crippen molar-refractivity contribution < 1.29 is 4.79 Å². The van der Waals surface area contributed by atoms with Gasteiger partial charge in [0, 0.05) is 13.1 Å². The normalized spacial score (nSPS) is 14.4. The van der Waals surface area contributed by atoms with Crippen molar-refractivity contribution in [3.63, 3.8) is 0 Å². The van der Waals surface area contributed by atoms with E-state index in [1.165, 1.54) is 25.7 Å². The van der Waals surface area contributed by atoms with Crippen LogP contribution in [-0.4, -0.2) is 32.6 Å². The van der Waals surface area contributed by atoms with Gasteiger partial charge in [-0.3, -0.25) is 4.79 Å².